The third kappa shape index (κ3) is 4.57. The van der Waals surface area contributed by atoms with Crippen molar-refractivity contribution >= 4 is 0 Å². The Balaban J connectivity index is 2.48. The summed E-state index contributed by atoms with van der Waals surface area (Å²) >= 11 is 0. The molecule has 0 aromatic carbocycles. The molecular formula is C17H30F2. The van der Waals surface area contributed by atoms with Crippen molar-refractivity contribution < 1.29 is 8.78 Å². The molecule has 0 heterocycles. The Kier molecular flexibility index (Phi) is 7.02. The van der Waals surface area contributed by atoms with Crippen molar-refractivity contribution in [3.63, 3.8) is 0 Å². The van der Waals surface area contributed by atoms with Gasteiger partial charge in [0.05, 0.1) is 0 Å². The number of hydrogen-bond acceptors (Lipinski definition) is 0. The number of alkyl halides is 2. The molecule has 1 aliphatic rings. The SMILES string of the molecule is C/C=C/C1CCC(C(C)C(F)C(F)C(C)CC)CC1. The van der Waals surface area contributed by atoms with E-state index in [9.17, 15) is 8.78 Å². The number of rotatable bonds is 6. The molecule has 0 N–H and O–H groups in total. The summed E-state index contributed by atoms with van der Waals surface area (Å²) in [5, 5.41) is 0. The van der Waals surface area contributed by atoms with Gasteiger partial charge in [0.1, 0.15) is 12.3 Å². The lowest BCUT2D eigenvalue weighted by Crippen LogP contribution is -2.35. The average Bonchev–Trinajstić information content (AvgIpc) is 2.45. The second kappa shape index (κ2) is 8.01. The fourth-order valence-corrected chi connectivity index (χ4v) is 3.22. The van der Waals surface area contributed by atoms with E-state index in [0.29, 0.717) is 18.3 Å². The summed E-state index contributed by atoms with van der Waals surface area (Å²) in [5.41, 5.74) is 0. The fraction of sp³-hybridized carbons (Fsp3) is 0.882. The van der Waals surface area contributed by atoms with Gasteiger partial charge >= 0.3 is 0 Å². The third-order valence-corrected chi connectivity index (χ3v) is 5.02. The summed E-state index contributed by atoms with van der Waals surface area (Å²) in [5.74, 6) is 0.702. The Bertz CT molecular complexity index is 266. The van der Waals surface area contributed by atoms with Crippen molar-refractivity contribution in [3.05, 3.63) is 12.2 Å². The summed E-state index contributed by atoms with van der Waals surface area (Å²) < 4.78 is 28.3. The summed E-state index contributed by atoms with van der Waals surface area (Å²) in [7, 11) is 0. The van der Waals surface area contributed by atoms with Crippen LogP contribution in [0.3, 0.4) is 0 Å². The molecule has 112 valence electrons. The van der Waals surface area contributed by atoms with Gasteiger partial charge in [0.25, 0.3) is 0 Å². The number of allylic oxidation sites excluding steroid dienone is 2. The normalized spacial score (nSPS) is 31.1. The van der Waals surface area contributed by atoms with E-state index in [1.807, 2.05) is 27.7 Å². The minimum atomic E-state index is -1.30. The van der Waals surface area contributed by atoms with Crippen LogP contribution in [0, 0.1) is 23.7 Å². The zero-order valence-corrected chi connectivity index (χ0v) is 12.9. The first kappa shape index (κ1) is 16.7. The lowest BCUT2D eigenvalue weighted by molar-refractivity contribution is 0.0424. The van der Waals surface area contributed by atoms with Crippen LogP contribution in [0.5, 0.6) is 0 Å². The van der Waals surface area contributed by atoms with Crippen LogP contribution >= 0.6 is 0 Å². The van der Waals surface area contributed by atoms with E-state index in [0.717, 1.165) is 25.7 Å². The molecule has 0 aromatic rings. The van der Waals surface area contributed by atoms with Gasteiger partial charge < -0.3 is 0 Å². The van der Waals surface area contributed by atoms with Crippen LogP contribution < -0.4 is 0 Å². The Morgan fingerprint density at radius 3 is 2.11 bits per heavy atom. The second-order valence-electron chi connectivity index (χ2n) is 6.33. The lowest BCUT2D eigenvalue weighted by atomic mass is 9.73. The van der Waals surface area contributed by atoms with Crippen LogP contribution in [0.4, 0.5) is 8.78 Å². The molecule has 1 fully saturated rings. The number of hydrogen-bond donors (Lipinski definition) is 0. The van der Waals surface area contributed by atoms with Crippen LogP contribution in [-0.2, 0) is 0 Å². The van der Waals surface area contributed by atoms with Crippen LogP contribution in [-0.4, -0.2) is 12.3 Å². The summed E-state index contributed by atoms with van der Waals surface area (Å²) in [6.45, 7) is 7.69. The highest BCUT2D eigenvalue weighted by Crippen LogP contribution is 2.38. The molecule has 0 amide bonds. The molecule has 4 atom stereocenters. The highest BCUT2D eigenvalue weighted by atomic mass is 19.2. The smallest absolute Gasteiger partial charge is 0.134 e. The maximum Gasteiger partial charge on any atom is 0.134 e. The first-order chi connectivity index (χ1) is 9.01. The fourth-order valence-electron chi connectivity index (χ4n) is 3.22. The van der Waals surface area contributed by atoms with Crippen molar-refractivity contribution in [2.45, 2.75) is 72.1 Å². The molecular weight excluding hydrogens is 242 g/mol. The van der Waals surface area contributed by atoms with Gasteiger partial charge in [-0.2, -0.15) is 0 Å². The number of halogens is 2. The largest absolute Gasteiger partial charge is 0.244 e. The molecule has 0 saturated heterocycles. The minimum Gasteiger partial charge on any atom is -0.244 e. The highest BCUT2D eigenvalue weighted by molar-refractivity contribution is 4.91. The molecule has 0 radical (unpaired) electrons. The highest BCUT2D eigenvalue weighted by Gasteiger charge is 2.35. The Morgan fingerprint density at radius 2 is 1.63 bits per heavy atom. The standard InChI is InChI=1S/C17H30F2/c1-5-7-14-8-10-15(11-9-14)13(4)17(19)16(18)12(3)6-2/h5,7,12-17H,6,8-11H2,1-4H3/b7-5+. The molecule has 0 aromatic heterocycles. The zero-order valence-electron chi connectivity index (χ0n) is 12.9. The predicted molar refractivity (Wildman–Crippen MR) is 78.7 cm³/mol. The third-order valence-electron chi connectivity index (χ3n) is 5.02. The topological polar surface area (TPSA) is 0 Å². The second-order valence-corrected chi connectivity index (χ2v) is 6.33. The molecule has 0 aliphatic heterocycles. The van der Waals surface area contributed by atoms with E-state index in [2.05, 4.69) is 12.2 Å². The van der Waals surface area contributed by atoms with Crippen LogP contribution in [0.1, 0.15) is 59.8 Å². The van der Waals surface area contributed by atoms with Crippen molar-refractivity contribution in [1.29, 1.82) is 0 Å². The molecule has 0 spiro atoms. The van der Waals surface area contributed by atoms with E-state index in [1.54, 1.807) is 0 Å². The molecule has 4 unspecified atom stereocenters. The maximum absolute atomic E-state index is 14.3. The minimum absolute atomic E-state index is 0.143. The van der Waals surface area contributed by atoms with Gasteiger partial charge in [-0.1, -0.05) is 39.3 Å². The molecule has 0 nitrogen and oxygen atoms in total. The lowest BCUT2D eigenvalue weighted by Gasteiger charge is -2.34. The Hall–Kier alpha value is -0.400. The molecule has 1 saturated carbocycles. The van der Waals surface area contributed by atoms with E-state index >= 15 is 0 Å². The predicted octanol–water partition coefficient (Wildman–Crippen LogP) is 5.73. The monoisotopic (exact) mass is 272 g/mol. The zero-order chi connectivity index (χ0) is 14.4. The quantitative estimate of drug-likeness (QED) is 0.542. The summed E-state index contributed by atoms with van der Waals surface area (Å²) in [6.07, 6.45) is 6.83. The molecule has 2 heteroatoms. The van der Waals surface area contributed by atoms with Gasteiger partial charge in [0, 0.05) is 0 Å². The maximum atomic E-state index is 14.3. The van der Waals surface area contributed by atoms with Gasteiger partial charge in [0.2, 0.25) is 0 Å². The van der Waals surface area contributed by atoms with Gasteiger partial charge in [-0.15, -0.1) is 0 Å². The average molecular weight is 272 g/mol. The molecule has 1 aliphatic carbocycles. The van der Waals surface area contributed by atoms with Crippen molar-refractivity contribution in [1.82, 2.24) is 0 Å². The van der Waals surface area contributed by atoms with Gasteiger partial charge in [-0.25, -0.2) is 8.78 Å². The van der Waals surface area contributed by atoms with Crippen molar-refractivity contribution in [2.75, 3.05) is 0 Å². The molecule has 1 rings (SSSR count). The van der Waals surface area contributed by atoms with Crippen molar-refractivity contribution in [3.8, 4) is 0 Å². The molecule has 0 bridgehead atoms. The summed E-state index contributed by atoms with van der Waals surface area (Å²) in [6, 6.07) is 0. The van der Waals surface area contributed by atoms with E-state index < -0.39 is 12.3 Å². The van der Waals surface area contributed by atoms with Gasteiger partial charge in [-0.05, 0) is 56.3 Å². The Morgan fingerprint density at radius 1 is 1.05 bits per heavy atom. The van der Waals surface area contributed by atoms with Crippen molar-refractivity contribution in [2.24, 2.45) is 23.7 Å². The molecule has 19 heavy (non-hydrogen) atoms. The van der Waals surface area contributed by atoms with Crippen LogP contribution in [0.15, 0.2) is 12.2 Å². The van der Waals surface area contributed by atoms with Crippen LogP contribution in [0.25, 0.3) is 0 Å². The van der Waals surface area contributed by atoms with E-state index in [1.165, 1.54) is 0 Å². The van der Waals surface area contributed by atoms with E-state index in [4.69, 9.17) is 0 Å². The Labute approximate surface area is 117 Å². The first-order valence-electron chi connectivity index (χ1n) is 7.92. The van der Waals surface area contributed by atoms with Crippen LogP contribution in [0.2, 0.25) is 0 Å². The van der Waals surface area contributed by atoms with Gasteiger partial charge in [0.15, 0.2) is 0 Å². The summed E-state index contributed by atoms with van der Waals surface area (Å²) in [4.78, 5) is 0. The van der Waals surface area contributed by atoms with Gasteiger partial charge in [-0.3, -0.25) is 0 Å². The van der Waals surface area contributed by atoms with E-state index in [-0.39, 0.29) is 11.8 Å². The first-order valence-corrected chi connectivity index (χ1v) is 7.92.